The predicted molar refractivity (Wildman–Crippen MR) is 117 cm³/mol. The second-order valence-corrected chi connectivity index (χ2v) is 8.01. The molecular formula is C24H27N5. The Morgan fingerprint density at radius 2 is 1.52 bits per heavy atom. The number of aryl methyl sites for hydroxylation is 1. The molecule has 0 fully saturated rings. The van der Waals surface area contributed by atoms with Crippen molar-refractivity contribution in [1.82, 2.24) is 24.5 Å². The first-order valence-corrected chi connectivity index (χ1v) is 10.1. The first-order valence-electron chi connectivity index (χ1n) is 10.1. The van der Waals surface area contributed by atoms with Crippen molar-refractivity contribution < 1.29 is 0 Å². The third kappa shape index (κ3) is 3.60. The van der Waals surface area contributed by atoms with Crippen LogP contribution in [-0.4, -0.2) is 24.5 Å². The van der Waals surface area contributed by atoms with Crippen molar-refractivity contribution in [2.75, 3.05) is 0 Å². The Bertz CT molecular complexity index is 1110. The van der Waals surface area contributed by atoms with Gasteiger partial charge in [-0.1, -0.05) is 52.0 Å². The van der Waals surface area contributed by atoms with Gasteiger partial charge in [-0.2, -0.15) is 0 Å². The molecule has 0 radical (unpaired) electrons. The normalized spacial score (nSPS) is 11.6. The van der Waals surface area contributed by atoms with Crippen molar-refractivity contribution in [3.05, 3.63) is 71.9 Å². The summed E-state index contributed by atoms with van der Waals surface area (Å²) in [6.07, 6.45) is 5.71. The predicted octanol–water partition coefficient (Wildman–Crippen LogP) is 5.88. The van der Waals surface area contributed by atoms with Gasteiger partial charge in [-0.25, -0.2) is 15.0 Å². The highest BCUT2D eigenvalue weighted by molar-refractivity contribution is 5.63. The second kappa shape index (κ2) is 7.66. The molecule has 0 bridgehead atoms. The Kier molecular flexibility index (Phi) is 5.05. The molecule has 1 N–H and O–H groups in total. The Balaban J connectivity index is 1.88. The van der Waals surface area contributed by atoms with Gasteiger partial charge >= 0.3 is 0 Å². The molecule has 3 heterocycles. The van der Waals surface area contributed by atoms with E-state index in [1.807, 2.05) is 43.7 Å². The summed E-state index contributed by atoms with van der Waals surface area (Å²) in [5, 5.41) is 0. The standard InChI is InChI=1S/C24H27N5/c1-15(2)18-8-6-9-19(16(3)4)23(18)29-13-12-25-24(29)21-11-7-10-20(28-21)22-14-26-17(5)27-22/h6-16H,1-5H3,(H,26,27). The zero-order chi connectivity index (χ0) is 20.5. The lowest BCUT2D eigenvalue weighted by Gasteiger charge is -2.21. The molecule has 0 aliphatic carbocycles. The summed E-state index contributed by atoms with van der Waals surface area (Å²) < 4.78 is 2.19. The van der Waals surface area contributed by atoms with Crippen LogP contribution in [0.4, 0.5) is 0 Å². The Morgan fingerprint density at radius 1 is 0.862 bits per heavy atom. The number of para-hydroxylation sites is 1. The molecule has 0 saturated heterocycles. The first kappa shape index (κ1) is 19.1. The van der Waals surface area contributed by atoms with Crippen LogP contribution in [0.15, 0.2) is 55.0 Å². The number of hydrogen-bond donors (Lipinski definition) is 1. The Labute approximate surface area is 171 Å². The number of H-pyrrole nitrogens is 1. The molecule has 1 aromatic carbocycles. The van der Waals surface area contributed by atoms with Crippen LogP contribution < -0.4 is 0 Å². The molecule has 0 spiro atoms. The van der Waals surface area contributed by atoms with Gasteiger partial charge < -0.3 is 4.98 Å². The van der Waals surface area contributed by atoms with Crippen molar-refractivity contribution in [2.24, 2.45) is 0 Å². The fraction of sp³-hybridized carbons (Fsp3) is 0.292. The third-order valence-corrected chi connectivity index (χ3v) is 5.18. The summed E-state index contributed by atoms with van der Waals surface area (Å²) in [5.74, 6) is 2.54. The summed E-state index contributed by atoms with van der Waals surface area (Å²) in [5.41, 5.74) is 6.46. The number of hydrogen-bond acceptors (Lipinski definition) is 3. The summed E-state index contributed by atoms with van der Waals surface area (Å²) in [7, 11) is 0. The van der Waals surface area contributed by atoms with Crippen LogP contribution >= 0.6 is 0 Å². The maximum absolute atomic E-state index is 4.88. The van der Waals surface area contributed by atoms with Crippen LogP contribution in [0.5, 0.6) is 0 Å². The van der Waals surface area contributed by atoms with Crippen LogP contribution in [0.2, 0.25) is 0 Å². The van der Waals surface area contributed by atoms with E-state index in [0.717, 1.165) is 28.7 Å². The van der Waals surface area contributed by atoms with Crippen molar-refractivity contribution in [3.63, 3.8) is 0 Å². The highest BCUT2D eigenvalue weighted by Crippen LogP contribution is 2.33. The molecule has 0 saturated carbocycles. The number of nitrogens with zero attached hydrogens (tertiary/aromatic N) is 4. The summed E-state index contributed by atoms with van der Waals surface area (Å²) in [6, 6.07) is 12.6. The highest BCUT2D eigenvalue weighted by atomic mass is 15.1. The fourth-order valence-corrected chi connectivity index (χ4v) is 3.72. The summed E-state index contributed by atoms with van der Waals surface area (Å²) in [4.78, 5) is 17.1. The van der Waals surface area contributed by atoms with Gasteiger partial charge in [-0.05, 0) is 42.0 Å². The molecular weight excluding hydrogens is 358 g/mol. The molecule has 0 unspecified atom stereocenters. The topological polar surface area (TPSA) is 59.4 Å². The van der Waals surface area contributed by atoms with Crippen molar-refractivity contribution in [2.45, 2.75) is 46.5 Å². The summed E-state index contributed by atoms with van der Waals surface area (Å²) >= 11 is 0. The van der Waals surface area contributed by atoms with Crippen molar-refractivity contribution in [3.8, 4) is 28.6 Å². The lowest BCUT2D eigenvalue weighted by Crippen LogP contribution is -2.08. The van der Waals surface area contributed by atoms with Gasteiger partial charge in [0.25, 0.3) is 0 Å². The van der Waals surface area contributed by atoms with Gasteiger partial charge in [-0.15, -0.1) is 0 Å². The monoisotopic (exact) mass is 385 g/mol. The average Bonchev–Trinajstić information content (AvgIpc) is 3.36. The molecule has 148 valence electrons. The van der Waals surface area contributed by atoms with E-state index >= 15 is 0 Å². The maximum Gasteiger partial charge on any atom is 0.163 e. The number of aromatic amines is 1. The van der Waals surface area contributed by atoms with Gasteiger partial charge in [0.2, 0.25) is 0 Å². The first-order chi connectivity index (χ1) is 14.0. The zero-order valence-corrected chi connectivity index (χ0v) is 17.6. The van der Waals surface area contributed by atoms with Crippen LogP contribution in [0, 0.1) is 6.92 Å². The molecule has 3 aromatic heterocycles. The molecule has 0 aliphatic rings. The van der Waals surface area contributed by atoms with E-state index in [1.54, 1.807) is 0 Å². The number of pyridine rings is 1. The molecule has 4 rings (SSSR count). The van der Waals surface area contributed by atoms with E-state index in [-0.39, 0.29) is 0 Å². The van der Waals surface area contributed by atoms with E-state index in [1.165, 1.54) is 16.8 Å². The Hall–Kier alpha value is -3.21. The zero-order valence-electron chi connectivity index (χ0n) is 17.6. The minimum Gasteiger partial charge on any atom is -0.341 e. The molecule has 29 heavy (non-hydrogen) atoms. The van der Waals surface area contributed by atoms with E-state index < -0.39 is 0 Å². The number of aromatic nitrogens is 5. The fourth-order valence-electron chi connectivity index (χ4n) is 3.72. The average molecular weight is 386 g/mol. The van der Waals surface area contributed by atoms with E-state index in [2.05, 4.69) is 65.4 Å². The molecule has 0 aliphatic heterocycles. The summed E-state index contributed by atoms with van der Waals surface area (Å²) in [6.45, 7) is 10.9. The number of rotatable bonds is 5. The minimum absolute atomic E-state index is 0.409. The quantitative estimate of drug-likeness (QED) is 0.467. The van der Waals surface area contributed by atoms with E-state index in [9.17, 15) is 0 Å². The third-order valence-electron chi connectivity index (χ3n) is 5.18. The maximum atomic E-state index is 4.88. The van der Waals surface area contributed by atoms with Crippen molar-refractivity contribution >= 4 is 0 Å². The van der Waals surface area contributed by atoms with E-state index in [0.29, 0.717) is 11.8 Å². The molecule has 0 atom stereocenters. The van der Waals surface area contributed by atoms with Crippen LogP contribution in [-0.2, 0) is 0 Å². The number of imidazole rings is 2. The van der Waals surface area contributed by atoms with Crippen LogP contribution in [0.3, 0.4) is 0 Å². The lowest BCUT2D eigenvalue weighted by molar-refractivity contribution is 0.806. The minimum atomic E-state index is 0.409. The lowest BCUT2D eigenvalue weighted by atomic mass is 9.92. The molecule has 5 heteroatoms. The molecule has 4 aromatic rings. The van der Waals surface area contributed by atoms with Crippen LogP contribution in [0.25, 0.3) is 28.6 Å². The van der Waals surface area contributed by atoms with Gasteiger partial charge in [0.15, 0.2) is 5.82 Å². The molecule has 5 nitrogen and oxygen atoms in total. The van der Waals surface area contributed by atoms with E-state index in [4.69, 9.17) is 4.98 Å². The SMILES string of the molecule is Cc1ncc(-c2cccc(-c3nccn3-c3c(C(C)C)cccc3C(C)C)n2)[nH]1. The van der Waals surface area contributed by atoms with Crippen LogP contribution in [0.1, 0.15) is 56.5 Å². The largest absolute Gasteiger partial charge is 0.341 e. The number of nitrogens with one attached hydrogen (secondary N) is 1. The number of benzene rings is 1. The molecule has 0 amide bonds. The smallest absolute Gasteiger partial charge is 0.163 e. The van der Waals surface area contributed by atoms with Gasteiger partial charge in [-0.3, -0.25) is 4.57 Å². The van der Waals surface area contributed by atoms with Gasteiger partial charge in [0.1, 0.15) is 11.5 Å². The highest BCUT2D eigenvalue weighted by Gasteiger charge is 2.19. The van der Waals surface area contributed by atoms with Crippen molar-refractivity contribution in [1.29, 1.82) is 0 Å². The Morgan fingerprint density at radius 3 is 2.14 bits per heavy atom. The van der Waals surface area contributed by atoms with Gasteiger partial charge in [0.05, 0.1) is 23.3 Å². The van der Waals surface area contributed by atoms with Gasteiger partial charge in [0, 0.05) is 12.4 Å². The second-order valence-electron chi connectivity index (χ2n) is 8.01.